The number of ether oxygens (including phenoxy) is 1. The molecule has 2 amide bonds. The molecule has 1 aromatic heterocycles. The van der Waals surface area contributed by atoms with E-state index in [2.05, 4.69) is 15.0 Å². The number of anilines is 2. The van der Waals surface area contributed by atoms with E-state index >= 15 is 0 Å². The highest BCUT2D eigenvalue weighted by Gasteiger charge is 2.31. The summed E-state index contributed by atoms with van der Waals surface area (Å²) in [5, 5.41) is 3.07. The number of amides is 2. The number of aryl methyl sites for hydroxylation is 1. The lowest BCUT2D eigenvalue weighted by atomic mass is 10.3. The minimum Gasteiger partial charge on any atom is -0.406 e. The Hall–Kier alpha value is -2.62. The fourth-order valence-corrected chi connectivity index (χ4v) is 3.49. The van der Waals surface area contributed by atoms with Crippen molar-refractivity contribution in [2.24, 2.45) is 0 Å². The van der Waals surface area contributed by atoms with Crippen LogP contribution in [-0.2, 0) is 4.79 Å². The topological polar surface area (TPSA) is 71.5 Å². The van der Waals surface area contributed by atoms with Crippen LogP contribution in [0.2, 0.25) is 0 Å². The SMILES string of the molecule is Cc1nc(N2CCCC2=O)sc1C(=O)Nc1ccc(OC(F)(F)F)cc1. The fourth-order valence-electron chi connectivity index (χ4n) is 2.49. The Kier molecular flexibility index (Phi) is 4.86. The molecule has 138 valence electrons. The molecule has 1 fully saturated rings. The predicted molar refractivity (Wildman–Crippen MR) is 89.5 cm³/mol. The van der Waals surface area contributed by atoms with Crippen molar-refractivity contribution in [1.29, 1.82) is 0 Å². The molecular formula is C16H14F3N3O3S. The summed E-state index contributed by atoms with van der Waals surface area (Å²) in [4.78, 5) is 30.4. The average Bonchev–Trinajstić information content (AvgIpc) is 3.13. The van der Waals surface area contributed by atoms with E-state index in [1.54, 1.807) is 11.8 Å². The van der Waals surface area contributed by atoms with E-state index in [4.69, 9.17) is 0 Å². The van der Waals surface area contributed by atoms with Crippen molar-refractivity contribution in [3.05, 3.63) is 34.8 Å². The Morgan fingerprint density at radius 3 is 2.58 bits per heavy atom. The van der Waals surface area contributed by atoms with Crippen molar-refractivity contribution in [3.63, 3.8) is 0 Å². The number of rotatable bonds is 4. The number of hydrogen-bond acceptors (Lipinski definition) is 5. The molecule has 2 aromatic rings. The van der Waals surface area contributed by atoms with Crippen LogP contribution in [-0.4, -0.2) is 29.7 Å². The molecule has 0 unspecified atom stereocenters. The monoisotopic (exact) mass is 385 g/mol. The quantitative estimate of drug-likeness (QED) is 0.871. The third-order valence-electron chi connectivity index (χ3n) is 3.64. The highest BCUT2D eigenvalue weighted by Crippen LogP contribution is 2.30. The Morgan fingerprint density at radius 2 is 2.00 bits per heavy atom. The summed E-state index contributed by atoms with van der Waals surface area (Å²) in [6, 6.07) is 4.83. The van der Waals surface area contributed by atoms with Crippen molar-refractivity contribution in [3.8, 4) is 5.75 Å². The molecular weight excluding hydrogens is 371 g/mol. The molecule has 10 heteroatoms. The van der Waals surface area contributed by atoms with Crippen LogP contribution in [0.5, 0.6) is 5.75 Å². The lowest BCUT2D eigenvalue weighted by Crippen LogP contribution is -2.23. The lowest BCUT2D eigenvalue weighted by Gasteiger charge is -2.10. The zero-order valence-electron chi connectivity index (χ0n) is 13.6. The van der Waals surface area contributed by atoms with Gasteiger partial charge in [0, 0.05) is 18.7 Å². The largest absolute Gasteiger partial charge is 0.573 e. The predicted octanol–water partition coefficient (Wildman–Crippen LogP) is 3.73. The van der Waals surface area contributed by atoms with Crippen LogP contribution in [0.3, 0.4) is 0 Å². The Labute approximate surface area is 150 Å². The molecule has 0 saturated carbocycles. The minimum absolute atomic E-state index is 0.0223. The number of aromatic nitrogens is 1. The highest BCUT2D eigenvalue weighted by atomic mass is 32.1. The third-order valence-corrected chi connectivity index (χ3v) is 4.82. The van der Waals surface area contributed by atoms with E-state index in [1.165, 1.54) is 12.1 Å². The van der Waals surface area contributed by atoms with Gasteiger partial charge in [-0.05, 0) is 37.6 Å². The van der Waals surface area contributed by atoms with Crippen LogP contribution >= 0.6 is 11.3 Å². The van der Waals surface area contributed by atoms with Crippen LogP contribution in [0.4, 0.5) is 24.0 Å². The smallest absolute Gasteiger partial charge is 0.406 e. The van der Waals surface area contributed by atoms with Gasteiger partial charge in [-0.25, -0.2) is 4.98 Å². The zero-order valence-corrected chi connectivity index (χ0v) is 14.4. The summed E-state index contributed by atoms with van der Waals surface area (Å²) in [5.41, 5.74) is 0.801. The van der Waals surface area contributed by atoms with Gasteiger partial charge >= 0.3 is 6.36 Å². The molecule has 26 heavy (non-hydrogen) atoms. The van der Waals surface area contributed by atoms with Gasteiger partial charge in [0.1, 0.15) is 10.6 Å². The second-order valence-electron chi connectivity index (χ2n) is 5.59. The molecule has 3 rings (SSSR count). The molecule has 1 saturated heterocycles. The van der Waals surface area contributed by atoms with Crippen LogP contribution in [0.25, 0.3) is 0 Å². The summed E-state index contributed by atoms with van der Waals surface area (Å²) in [7, 11) is 0. The number of nitrogens with one attached hydrogen (secondary N) is 1. The zero-order chi connectivity index (χ0) is 18.9. The average molecular weight is 385 g/mol. The normalized spacial score (nSPS) is 14.6. The first-order valence-electron chi connectivity index (χ1n) is 7.68. The number of carbonyl (C=O) groups excluding carboxylic acids is 2. The van der Waals surface area contributed by atoms with Crippen LogP contribution < -0.4 is 15.0 Å². The van der Waals surface area contributed by atoms with Gasteiger partial charge in [0.25, 0.3) is 5.91 Å². The fraction of sp³-hybridized carbons (Fsp3) is 0.312. The van der Waals surface area contributed by atoms with Gasteiger partial charge in [-0.2, -0.15) is 0 Å². The Morgan fingerprint density at radius 1 is 1.31 bits per heavy atom. The minimum atomic E-state index is -4.77. The Bertz CT molecular complexity index is 834. The van der Waals surface area contributed by atoms with Crippen molar-refractivity contribution in [1.82, 2.24) is 4.98 Å². The third kappa shape index (κ3) is 4.13. The molecule has 6 nitrogen and oxygen atoms in total. The van der Waals surface area contributed by atoms with Crippen LogP contribution in [0, 0.1) is 6.92 Å². The molecule has 0 atom stereocenters. The summed E-state index contributed by atoms with van der Waals surface area (Å²) < 4.78 is 40.2. The van der Waals surface area contributed by atoms with E-state index in [-0.39, 0.29) is 11.7 Å². The van der Waals surface area contributed by atoms with Gasteiger partial charge in [-0.3, -0.25) is 14.5 Å². The highest BCUT2D eigenvalue weighted by molar-refractivity contribution is 7.18. The molecule has 1 N–H and O–H groups in total. The number of benzene rings is 1. The van der Waals surface area contributed by atoms with Gasteiger partial charge in [0.05, 0.1) is 5.69 Å². The number of alkyl halides is 3. The van der Waals surface area contributed by atoms with Gasteiger partial charge in [-0.15, -0.1) is 13.2 Å². The van der Waals surface area contributed by atoms with Gasteiger partial charge in [-0.1, -0.05) is 11.3 Å². The second kappa shape index (κ2) is 6.94. The number of thiazole rings is 1. The summed E-state index contributed by atoms with van der Waals surface area (Å²) >= 11 is 1.11. The standard InChI is InChI=1S/C16H14F3N3O3S/c1-9-13(26-15(20-9)22-8-2-3-12(22)23)14(24)21-10-4-6-11(7-5-10)25-16(17,18)19/h4-7H,2-3,8H2,1H3,(H,21,24). The van der Waals surface area contributed by atoms with E-state index < -0.39 is 12.3 Å². The van der Waals surface area contributed by atoms with E-state index in [0.717, 1.165) is 29.9 Å². The van der Waals surface area contributed by atoms with E-state index in [0.29, 0.717) is 34.4 Å². The van der Waals surface area contributed by atoms with Crippen molar-refractivity contribution in [2.45, 2.75) is 26.1 Å². The first-order valence-corrected chi connectivity index (χ1v) is 8.49. The first kappa shape index (κ1) is 18.2. The van der Waals surface area contributed by atoms with E-state index in [9.17, 15) is 22.8 Å². The van der Waals surface area contributed by atoms with Crippen LogP contribution in [0.15, 0.2) is 24.3 Å². The van der Waals surface area contributed by atoms with Crippen molar-refractivity contribution in [2.75, 3.05) is 16.8 Å². The Balaban J connectivity index is 1.70. The number of halogens is 3. The lowest BCUT2D eigenvalue weighted by molar-refractivity contribution is -0.274. The number of nitrogens with zero attached hydrogens (tertiary/aromatic N) is 2. The number of hydrogen-bond donors (Lipinski definition) is 1. The maximum absolute atomic E-state index is 12.4. The summed E-state index contributed by atoms with van der Waals surface area (Å²) in [6.45, 7) is 2.24. The molecule has 0 radical (unpaired) electrons. The first-order chi connectivity index (χ1) is 12.2. The molecule has 0 spiro atoms. The number of carbonyl (C=O) groups is 2. The van der Waals surface area contributed by atoms with Gasteiger partial charge in [0.15, 0.2) is 5.13 Å². The van der Waals surface area contributed by atoms with Crippen LogP contribution in [0.1, 0.15) is 28.2 Å². The second-order valence-corrected chi connectivity index (χ2v) is 6.56. The maximum Gasteiger partial charge on any atom is 0.573 e. The maximum atomic E-state index is 12.4. The van der Waals surface area contributed by atoms with Gasteiger partial charge < -0.3 is 10.1 Å². The molecule has 1 aliphatic rings. The summed E-state index contributed by atoms with van der Waals surface area (Å²) in [5.74, 6) is -0.840. The van der Waals surface area contributed by atoms with Crippen molar-refractivity contribution < 1.29 is 27.5 Å². The molecule has 0 bridgehead atoms. The van der Waals surface area contributed by atoms with Gasteiger partial charge in [0.2, 0.25) is 5.91 Å². The summed E-state index contributed by atoms with van der Waals surface area (Å²) in [6.07, 6.45) is -3.55. The van der Waals surface area contributed by atoms with E-state index in [1.807, 2.05) is 0 Å². The molecule has 1 aliphatic heterocycles. The van der Waals surface area contributed by atoms with Crippen molar-refractivity contribution >= 4 is 34.0 Å². The molecule has 1 aromatic carbocycles. The molecule has 0 aliphatic carbocycles. The molecule has 2 heterocycles.